The first kappa shape index (κ1) is 16.8. The molecule has 2 heterocycles. The van der Waals surface area contributed by atoms with Gasteiger partial charge in [-0.05, 0) is 13.3 Å². The number of aryl methyl sites for hydroxylation is 1. The molecule has 1 saturated heterocycles. The summed E-state index contributed by atoms with van der Waals surface area (Å²) in [6.45, 7) is 1.26. The van der Waals surface area contributed by atoms with Crippen LogP contribution in [-0.4, -0.2) is 54.6 Å². The molecule has 8 nitrogen and oxygen atoms in total. The van der Waals surface area contributed by atoms with Gasteiger partial charge in [-0.25, -0.2) is 8.42 Å². The Morgan fingerprint density at radius 2 is 2.32 bits per heavy atom. The third kappa shape index (κ3) is 5.34. The highest BCUT2D eigenvalue weighted by Crippen LogP contribution is 2.24. The van der Waals surface area contributed by atoms with Crippen molar-refractivity contribution in [1.29, 1.82) is 0 Å². The Labute approximate surface area is 131 Å². The molecule has 1 N–H and O–H groups in total. The van der Waals surface area contributed by atoms with Crippen molar-refractivity contribution in [1.82, 2.24) is 5.16 Å². The van der Waals surface area contributed by atoms with Crippen LogP contribution >= 0.6 is 11.8 Å². The molecule has 0 radical (unpaired) electrons. The Hall–Kier alpha value is -1.55. The minimum Gasteiger partial charge on any atom is -0.455 e. The first-order valence-electron chi connectivity index (χ1n) is 6.55. The summed E-state index contributed by atoms with van der Waals surface area (Å²) in [6.07, 6.45) is 0.548. The molecule has 1 aliphatic heterocycles. The molecule has 1 aromatic rings. The molecule has 0 unspecified atom stereocenters. The summed E-state index contributed by atoms with van der Waals surface area (Å²) in [7, 11) is -2.95. The minimum atomic E-state index is -2.95. The predicted molar refractivity (Wildman–Crippen MR) is 80.3 cm³/mol. The van der Waals surface area contributed by atoms with E-state index in [0.29, 0.717) is 12.2 Å². The summed E-state index contributed by atoms with van der Waals surface area (Å²) in [4.78, 5) is 23.0. The zero-order chi connectivity index (χ0) is 16.2. The maximum Gasteiger partial charge on any atom is 0.316 e. The van der Waals surface area contributed by atoms with E-state index in [2.05, 4.69) is 10.5 Å². The van der Waals surface area contributed by atoms with Crippen LogP contribution in [-0.2, 0) is 24.2 Å². The molecular formula is C12H16N2O6S2. The number of nitrogens with one attached hydrogen (secondary N) is 1. The molecule has 2 rings (SSSR count). The van der Waals surface area contributed by atoms with Gasteiger partial charge in [0.2, 0.25) is 0 Å². The Morgan fingerprint density at radius 1 is 1.55 bits per heavy atom. The Bertz CT molecular complexity index is 654. The number of aromatic nitrogens is 1. The van der Waals surface area contributed by atoms with Gasteiger partial charge in [0.15, 0.2) is 22.3 Å². The second kappa shape index (κ2) is 7.14. The van der Waals surface area contributed by atoms with Crippen molar-refractivity contribution >= 4 is 39.3 Å². The summed E-state index contributed by atoms with van der Waals surface area (Å²) in [5.74, 6) is 0.0161. The first-order chi connectivity index (χ1) is 10.3. The normalized spacial score (nSPS) is 19.8. The van der Waals surface area contributed by atoms with Crippen LogP contribution in [0.3, 0.4) is 0 Å². The van der Waals surface area contributed by atoms with E-state index in [0.717, 1.165) is 0 Å². The topological polar surface area (TPSA) is 116 Å². The van der Waals surface area contributed by atoms with Crippen LogP contribution in [0, 0.1) is 6.92 Å². The van der Waals surface area contributed by atoms with Crippen LogP contribution in [0.15, 0.2) is 10.6 Å². The maximum atomic E-state index is 11.5. The smallest absolute Gasteiger partial charge is 0.316 e. The third-order valence-electron chi connectivity index (χ3n) is 2.89. The van der Waals surface area contributed by atoms with E-state index < -0.39 is 28.3 Å². The van der Waals surface area contributed by atoms with Crippen LogP contribution in [0.5, 0.6) is 0 Å². The average Bonchev–Trinajstić information content (AvgIpc) is 2.99. The van der Waals surface area contributed by atoms with Gasteiger partial charge in [-0.15, -0.1) is 11.8 Å². The van der Waals surface area contributed by atoms with Gasteiger partial charge in [-0.3, -0.25) is 9.59 Å². The number of carbonyl (C=O) groups excluding carboxylic acids is 2. The summed E-state index contributed by atoms with van der Waals surface area (Å²) in [5.41, 5.74) is 0. The number of carbonyl (C=O) groups is 2. The van der Waals surface area contributed by atoms with E-state index in [-0.39, 0.29) is 28.3 Å². The lowest BCUT2D eigenvalue weighted by Crippen LogP contribution is -2.22. The van der Waals surface area contributed by atoms with Crippen molar-refractivity contribution in [3.63, 3.8) is 0 Å². The summed E-state index contributed by atoms with van der Waals surface area (Å²) in [6, 6.07) is 1.54. The average molecular weight is 348 g/mol. The van der Waals surface area contributed by atoms with E-state index in [1.54, 1.807) is 6.92 Å². The zero-order valence-corrected chi connectivity index (χ0v) is 13.5. The number of amides is 1. The fourth-order valence-electron chi connectivity index (χ4n) is 1.87. The van der Waals surface area contributed by atoms with E-state index in [9.17, 15) is 18.0 Å². The van der Waals surface area contributed by atoms with Crippen molar-refractivity contribution in [3.8, 4) is 0 Å². The SMILES string of the molecule is Cc1cc(NC(=O)COC(=O)CS[C@@H]2CCS(=O)(=O)C2)no1. The molecule has 1 fully saturated rings. The Balaban J connectivity index is 1.64. The van der Waals surface area contributed by atoms with Crippen molar-refractivity contribution in [2.75, 3.05) is 29.2 Å². The van der Waals surface area contributed by atoms with Crippen molar-refractivity contribution in [2.45, 2.75) is 18.6 Å². The summed E-state index contributed by atoms with van der Waals surface area (Å²) < 4.78 is 32.2. The monoisotopic (exact) mass is 348 g/mol. The number of esters is 1. The standard InChI is InChI=1S/C12H16N2O6S2/c1-8-4-10(14-20-8)13-11(15)5-19-12(16)6-21-9-2-3-22(17,18)7-9/h4,9H,2-3,5-7H2,1H3,(H,13,14,15)/t9-/m1/s1. The van der Waals surface area contributed by atoms with Crippen LogP contribution in [0.4, 0.5) is 5.82 Å². The molecule has 10 heteroatoms. The largest absolute Gasteiger partial charge is 0.455 e. The van der Waals surface area contributed by atoms with Crippen molar-refractivity contribution < 1.29 is 27.3 Å². The molecule has 0 aliphatic carbocycles. The second-order valence-corrected chi connectivity index (χ2v) is 8.39. The minimum absolute atomic E-state index is 0.0243. The number of sulfone groups is 1. The van der Waals surface area contributed by atoms with Gasteiger partial charge in [-0.1, -0.05) is 5.16 Å². The predicted octanol–water partition coefficient (Wildman–Crippen LogP) is 0.385. The molecule has 1 atom stereocenters. The molecule has 22 heavy (non-hydrogen) atoms. The van der Waals surface area contributed by atoms with Crippen LogP contribution < -0.4 is 5.32 Å². The van der Waals surface area contributed by atoms with Crippen molar-refractivity contribution in [3.05, 3.63) is 11.8 Å². The van der Waals surface area contributed by atoms with Crippen LogP contribution in [0.2, 0.25) is 0 Å². The number of hydrogen-bond donors (Lipinski definition) is 1. The number of anilines is 1. The highest BCUT2D eigenvalue weighted by Gasteiger charge is 2.28. The van der Waals surface area contributed by atoms with Gasteiger partial charge in [0.1, 0.15) is 5.76 Å². The molecule has 1 aliphatic rings. The number of rotatable bonds is 6. The fraction of sp³-hybridized carbons (Fsp3) is 0.583. The summed E-state index contributed by atoms with van der Waals surface area (Å²) >= 11 is 1.24. The van der Waals surface area contributed by atoms with Gasteiger partial charge in [-0.2, -0.15) is 0 Å². The second-order valence-electron chi connectivity index (χ2n) is 4.87. The summed E-state index contributed by atoms with van der Waals surface area (Å²) in [5, 5.41) is 5.92. The number of hydrogen-bond acceptors (Lipinski definition) is 8. The van der Waals surface area contributed by atoms with Gasteiger partial charge < -0.3 is 14.6 Å². The molecule has 0 aromatic carbocycles. The number of nitrogens with zero attached hydrogens (tertiary/aromatic N) is 1. The van der Waals surface area contributed by atoms with Crippen molar-refractivity contribution in [2.24, 2.45) is 0 Å². The van der Waals surface area contributed by atoms with Gasteiger partial charge in [0.25, 0.3) is 5.91 Å². The molecule has 122 valence electrons. The molecule has 1 aromatic heterocycles. The fourth-order valence-corrected chi connectivity index (χ4v) is 5.31. The molecule has 1 amide bonds. The number of thioether (sulfide) groups is 1. The van der Waals surface area contributed by atoms with E-state index in [1.807, 2.05) is 0 Å². The quantitative estimate of drug-likeness (QED) is 0.734. The Kier molecular flexibility index (Phi) is 5.46. The molecular weight excluding hydrogens is 332 g/mol. The highest BCUT2D eigenvalue weighted by atomic mass is 32.2. The lowest BCUT2D eigenvalue weighted by Gasteiger charge is -2.07. The molecule has 0 saturated carbocycles. The van der Waals surface area contributed by atoms with Gasteiger partial charge in [0.05, 0.1) is 17.3 Å². The zero-order valence-electron chi connectivity index (χ0n) is 11.9. The van der Waals surface area contributed by atoms with E-state index in [1.165, 1.54) is 17.8 Å². The molecule has 0 bridgehead atoms. The number of ether oxygens (including phenoxy) is 1. The maximum absolute atomic E-state index is 11.5. The van der Waals surface area contributed by atoms with E-state index >= 15 is 0 Å². The molecule has 0 spiro atoms. The lowest BCUT2D eigenvalue weighted by molar-refractivity contribution is -0.144. The van der Waals surface area contributed by atoms with E-state index in [4.69, 9.17) is 9.26 Å². The lowest BCUT2D eigenvalue weighted by atomic mass is 10.4. The van der Waals surface area contributed by atoms with Gasteiger partial charge >= 0.3 is 5.97 Å². The van der Waals surface area contributed by atoms with Crippen LogP contribution in [0.1, 0.15) is 12.2 Å². The van der Waals surface area contributed by atoms with Crippen LogP contribution in [0.25, 0.3) is 0 Å². The highest BCUT2D eigenvalue weighted by molar-refractivity contribution is 8.02. The Morgan fingerprint density at radius 3 is 2.91 bits per heavy atom. The third-order valence-corrected chi connectivity index (χ3v) is 6.14. The first-order valence-corrected chi connectivity index (χ1v) is 9.42. The van der Waals surface area contributed by atoms with Gasteiger partial charge in [0, 0.05) is 11.3 Å².